The van der Waals surface area contributed by atoms with Crippen molar-refractivity contribution >= 4 is 19.8 Å². The number of phosphoric acid groups is 1. The molecule has 0 heterocycles. The molecule has 2 atom stereocenters. The lowest BCUT2D eigenvalue weighted by molar-refractivity contribution is -0.870. The van der Waals surface area contributed by atoms with Crippen LogP contribution in [0.4, 0.5) is 0 Å². The van der Waals surface area contributed by atoms with Crippen LogP contribution in [0.3, 0.4) is 0 Å². The molecule has 0 aliphatic heterocycles. The summed E-state index contributed by atoms with van der Waals surface area (Å²) in [4.78, 5) is 37.3. The van der Waals surface area contributed by atoms with Gasteiger partial charge in [-0.2, -0.15) is 0 Å². The molecule has 0 rings (SSSR count). The summed E-state index contributed by atoms with van der Waals surface area (Å²) in [7, 11) is 1.15. The fourth-order valence-electron chi connectivity index (χ4n) is 5.19. The molecule has 0 bridgehead atoms. The van der Waals surface area contributed by atoms with Gasteiger partial charge in [-0.05, 0) is 51.4 Å². The summed E-state index contributed by atoms with van der Waals surface area (Å²) in [5.41, 5.74) is 0. The third-order valence-corrected chi connectivity index (χ3v) is 9.38. The molecule has 0 aliphatic rings. The van der Waals surface area contributed by atoms with Crippen LogP contribution >= 0.6 is 7.82 Å². The van der Waals surface area contributed by atoms with Gasteiger partial charge < -0.3 is 27.9 Å². The molecule has 298 valence electrons. The third-order valence-electron chi connectivity index (χ3n) is 8.41. The molecule has 0 amide bonds. The van der Waals surface area contributed by atoms with E-state index in [2.05, 4.69) is 50.3 Å². The summed E-state index contributed by atoms with van der Waals surface area (Å²) in [5, 5.41) is 0. The Kier molecular flexibility index (Phi) is 32.8. The first-order chi connectivity index (χ1) is 24.5. The van der Waals surface area contributed by atoms with Gasteiger partial charge in [0.1, 0.15) is 19.8 Å². The van der Waals surface area contributed by atoms with Crippen LogP contribution in [0.5, 0.6) is 0 Å². The van der Waals surface area contributed by atoms with Crippen molar-refractivity contribution in [2.75, 3.05) is 47.5 Å². The topological polar surface area (TPSA) is 111 Å². The van der Waals surface area contributed by atoms with Crippen molar-refractivity contribution in [2.24, 2.45) is 0 Å². The SMILES string of the molecule is CCCCC/C=C\C/C=C\C/C=C\CCCCCCC(=O)OC[C@H](COP(=O)([O-])OCC[N+](C)(C)C)OC(=O)CCCCCCCCCCCC. The summed E-state index contributed by atoms with van der Waals surface area (Å²) < 4.78 is 33.7. The fraction of sp³-hybridized carbons (Fsp3) is 0.805. The second-order valence-corrected chi connectivity index (χ2v) is 16.1. The van der Waals surface area contributed by atoms with E-state index in [-0.39, 0.29) is 26.1 Å². The van der Waals surface area contributed by atoms with Crippen LogP contribution in [0.2, 0.25) is 0 Å². The number of carbonyl (C=O) groups excluding carboxylic acids is 2. The molecular weight excluding hydrogens is 665 g/mol. The number of rotatable bonds is 36. The van der Waals surface area contributed by atoms with E-state index in [0.717, 1.165) is 57.8 Å². The highest BCUT2D eigenvalue weighted by Crippen LogP contribution is 2.38. The van der Waals surface area contributed by atoms with E-state index in [1.54, 1.807) is 0 Å². The van der Waals surface area contributed by atoms with Gasteiger partial charge in [0, 0.05) is 12.8 Å². The smallest absolute Gasteiger partial charge is 0.306 e. The highest BCUT2D eigenvalue weighted by Gasteiger charge is 2.21. The second-order valence-electron chi connectivity index (χ2n) is 14.7. The summed E-state index contributed by atoms with van der Waals surface area (Å²) in [6, 6.07) is 0. The van der Waals surface area contributed by atoms with Crippen LogP contribution < -0.4 is 4.89 Å². The van der Waals surface area contributed by atoms with Gasteiger partial charge in [0.15, 0.2) is 6.10 Å². The Bertz CT molecular complexity index is 975. The lowest BCUT2D eigenvalue weighted by Crippen LogP contribution is -2.37. The van der Waals surface area contributed by atoms with Gasteiger partial charge in [0.25, 0.3) is 7.82 Å². The normalized spacial score (nSPS) is 14.1. The monoisotopic (exact) mass is 742 g/mol. The van der Waals surface area contributed by atoms with Crippen molar-refractivity contribution in [1.29, 1.82) is 0 Å². The Morgan fingerprint density at radius 3 is 1.61 bits per heavy atom. The molecule has 0 spiro atoms. The van der Waals surface area contributed by atoms with Crippen LogP contribution in [0.25, 0.3) is 0 Å². The Hall–Kier alpha value is -1.77. The maximum absolute atomic E-state index is 12.6. The number of esters is 2. The van der Waals surface area contributed by atoms with Gasteiger partial charge in [-0.15, -0.1) is 0 Å². The zero-order chi connectivity index (χ0) is 37.9. The highest BCUT2D eigenvalue weighted by molar-refractivity contribution is 7.45. The van der Waals surface area contributed by atoms with Crippen molar-refractivity contribution in [3.63, 3.8) is 0 Å². The predicted molar refractivity (Wildman–Crippen MR) is 208 cm³/mol. The number of quaternary nitrogens is 1. The van der Waals surface area contributed by atoms with Crippen molar-refractivity contribution < 1.29 is 42.1 Å². The van der Waals surface area contributed by atoms with Crippen molar-refractivity contribution in [2.45, 2.75) is 168 Å². The lowest BCUT2D eigenvalue weighted by atomic mass is 10.1. The molecule has 0 saturated heterocycles. The number of nitrogens with zero attached hydrogens (tertiary/aromatic N) is 1. The highest BCUT2D eigenvalue weighted by atomic mass is 31.2. The van der Waals surface area contributed by atoms with Gasteiger partial charge in [-0.25, -0.2) is 0 Å². The number of ether oxygens (including phenoxy) is 2. The number of unbranched alkanes of at least 4 members (excludes halogenated alkanes) is 16. The molecule has 0 aromatic carbocycles. The summed E-state index contributed by atoms with van der Waals surface area (Å²) >= 11 is 0. The van der Waals surface area contributed by atoms with Gasteiger partial charge in [0.2, 0.25) is 0 Å². The summed E-state index contributed by atoms with van der Waals surface area (Å²) in [6.07, 6.45) is 36.0. The van der Waals surface area contributed by atoms with Crippen molar-refractivity contribution in [3.05, 3.63) is 36.5 Å². The lowest BCUT2D eigenvalue weighted by Gasteiger charge is -2.28. The number of hydrogen-bond acceptors (Lipinski definition) is 8. The first kappa shape index (κ1) is 49.2. The zero-order valence-corrected chi connectivity index (χ0v) is 34.2. The molecule has 51 heavy (non-hydrogen) atoms. The van der Waals surface area contributed by atoms with E-state index < -0.39 is 32.5 Å². The zero-order valence-electron chi connectivity index (χ0n) is 33.3. The Labute approximate surface area is 312 Å². The van der Waals surface area contributed by atoms with E-state index in [1.807, 2.05) is 21.1 Å². The molecule has 0 saturated carbocycles. The Balaban J connectivity index is 4.41. The molecule has 0 aliphatic carbocycles. The molecular formula is C41H76NO8P. The van der Waals surface area contributed by atoms with Gasteiger partial charge in [-0.1, -0.05) is 134 Å². The summed E-state index contributed by atoms with van der Waals surface area (Å²) in [5.74, 6) is -0.862. The molecule has 1 unspecified atom stereocenters. The van der Waals surface area contributed by atoms with Crippen LogP contribution in [0, 0.1) is 0 Å². The minimum Gasteiger partial charge on any atom is -0.756 e. The third kappa shape index (κ3) is 37.8. The first-order valence-electron chi connectivity index (χ1n) is 20.2. The van der Waals surface area contributed by atoms with Gasteiger partial charge in [0.05, 0.1) is 27.7 Å². The number of carbonyl (C=O) groups is 2. The van der Waals surface area contributed by atoms with Crippen LogP contribution in [-0.2, 0) is 32.7 Å². The van der Waals surface area contributed by atoms with E-state index in [9.17, 15) is 19.0 Å². The average Bonchev–Trinajstić information content (AvgIpc) is 3.07. The second kappa shape index (κ2) is 34.0. The molecule has 0 aromatic rings. The first-order valence-corrected chi connectivity index (χ1v) is 21.7. The minimum atomic E-state index is -4.62. The van der Waals surface area contributed by atoms with Crippen molar-refractivity contribution in [3.8, 4) is 0 Å². The standard InChI is InChI=1S/C41H76NO8P/c1-6-8-10-12-14-16-18-19-20-21-22-23-24-26-27-29-31-33-40(43)47-37-39(38-49-51(45,46)48-36-35-42(3,4)5)50-41(44)34-32-30-28-25-17-15-13-11-9-7-2/h14,16,19-20,22-23,39H,6-13,15,17-18,21,24-38H2,1-5H3/b16-14-,20-19-,23-22-/t39-/m1/s1. The van der Waals surface area contributed by atoms with Crippen molar-refractivity contribution in [1.82, 2.24) is 0 Å². The maximum Gasteiger partial charge on any atom is 0.306 e. The van der Waals surface area contributed by atoms with Crippen LogP contribution in [-0.4, -0.2) is 70.0 Å². The van der Waals surface area contributed by atoms with E-state index in [1.165, 1.54) is 64.2 Å². The molecule has 0 aromatic heterocycles. The van der Waals surface area contributed by atoms with E-state index in [0.29, 0.717) is 23.9 Å². The molecule has 9 nitrogen and oxygen atoms in total. The summed E-state index contributed by atoms with van der Waals surface area (Å²) in [6.45, 7) is 4.14. The number of hydrogen-bond donors (Lipinski definition) is 0. The quantitative estimate of drug-likeness (QED) is 0.0205. The Morgan fingerprint density at radius 2 is 1.06 bits per heavy atom. The van der Waals surface area contributed by atoms with Crippen LogP contribution in [0.1, 0.15) is 162 Å². The predicted octanol–water partition coefficient (Wildman–Crippen LogP) is 10.3. The molecule has 0 radical (unpaired) electrons. The maximum atomic E-state index is 12.6. The number of likely N-dealkylation sites (N-methyl/N-ethyl adjacent to an activating group) is 1. The largest absolute Gasteiger partial charge is 0.756 e. The number of phosphoric ester groups is 1. The van der Waals surface area contributed by atoms with E-state index >= 15 is 0 Å². The van der Waals surface area contributed by atoms with Gasteiger partial charge in [-0.3, -0.25) is 14.2 Å². The Morgan fingerprint density at radius 1 is 0.608 bits per heavy atom. The molecule has 10 heteroatoms. The van der Waals surface area contributed by atoms with E-state index in [4.69, 9.17) is 18.5 Å². The molecule has 0 N–H and O–H groups in total. The number of allylic oxidation sites excluding steroid dienone is 6. The van der Waals surface area contributed by atoms with Crippen LogP contribution in [0.15, 0.2) is 36.5 Å². The average molecular weight is 742 g/mol. The molecule has 0 fully saturated rings. The minimum absolute atomic E-state index is 0.0343. The van der Waals surface area contributed by atoms with Gasteiger partial charge >= 0.3 is 11.9 Å². The fourth-order valence-corrected chi connectivity index (χ4v) is 5.92.